The van der Waals surface area contributed by atoms with Crippen LogP contribution in [0.15, 0.2) is 0 Å². The van der Waals surface area contributed by atoms with Crippen LogP contribution >= 0.6 is 0 Å². The molecule has 1 unspecified atom stereocenters. The number of aliphatic hydroxyl groups is 1. The zero-order valence-electron chi connectivity index (χ0n) is 9.15. The highest BCUT2D eigenvalue weighted by Crippen LogP contribution is 1.94. The SMILES string of the molecule is CCC(C)NC(=O)N[C@H](C(=O)O)[C@@H](C)O. The molecule has 0 aromatic carbocycles. The highest BCUT2D eigenvalue weighted by molar-refractivity contribution is 5.83. The fourth-order valence-electron chi connectivity index (χ4n) is 0.897. The number of aliphatic hydroxyl groups excluding tert-OH is 1. The van der Waals surface area contributed by atoms with Crippen LogP contribution in [0.1, 0.15) is 27.2 Å². The van der Waals surface area contributed by atoms with Crippen molar-refractivity contribution in [3.8, 4) is 0 Å². The third-order valence-corrected chi connectivity index (χ3v) is 2.02. The Labute approximate surface area is 88.7 Å². The Morgan fingerprint density at radius 2 is 1.80 bits per heavy atom. The Balaban J connectivity index is 4.18. The monoisotopic (exact) mass is 218 g/mol. The first-order valence-corrected chi connectivity index (χ1v) is 4.86. The second-order valence-electron chi connectivity index (χ2n) is 3.48. The Hall–Kier alpha value is -1.30. The van der Waals surface area contributed by atoms with Gasteiger partial charge in [-0.1, -0.05) is 6.92 Å². The first kappa shape index (κ1) is 13.7. The standard InChI is InChI=1S/C9H18N2O4/c1-4-5(2)10-9(15)11-7(6(3)12)8(13)14/h5-7,12H,4H2,1-3H3,(H,13,14)(H2,10,11,15)/t5?,6-,7+/m1/s1. The molecule has 0 rings (SSSR count). The second-order valence-corrected chi connectivity index (χ2v) is 3.48. The van der Waals surface area contributed by atoms with Crippen LogP contribution in [0.25, 0.3) is 0 Å². The molecule has 15 heavy (non-hydrogen) atoms. The fourth-order valence-corrected chi connectivity index (χ4v) is 0.897. The molecule has 0 bridgehead atoms. The van der Waals surface area contributed by atoms with Crippen LogP contribution < -0.4 is 10.6 Å². The van der Waals surface area contributed by atoms with Crippen LogP contribution in [0.2, 0.25) is 0 Å². The number of aliphatic carboxylic acids is 1. The molecule has 0 aliphatic rings. The van der Waals surface area contributed by atoms with Crippen LogP contribution in [0.3, 0.4) is 0 Å². The molecule has 2 amide bonds. The van der Waals surface area contributed by atoms with Gasteiger partial charge in [-0.3, -0.25) is 0 Å². The van der Waals surface area contributed by atoms with E-state index < -0.39 is 24.1 Å². The number of amides is 2. The molecule has 3 atom stereocenters. The number of urea groups is 1. The lowest BCUT2D eigenvalue weighted by Crippen LogP contribution is -2.52. The summed E-state index contributed by atoms with van der Waals surface area (Å²) in [6, 6.07) is -1.90. The quantitative estimate of drug-likeness (QED) is 0.518. The van der Waals surface area contributed by atoms with Gasteiger partial charge in [0, 0.05) is 6.04 Å². The number of carboxylic acids is 1. The van der Waals surface area contributed by atoms with Crippen molar-refractivity contribution in [3.63, 3.8) is 0 Å². The summed E-state index contributed by atoms with van der Waals surface area (Å²) in [5, 5.41) is 22.5. The van der Waals surface area contributed by atoms with Crippen LogP contribution in [0.4, 0.5) is 4.79 Å². The Morgan fingerprint density at radius 3 is 2.13 bits per heavy atom. The fraction of sp³-hybridized carbons (Fsp3) is 0.778. The van der Waals surface area contributed by atoms with Crippen molar-refractivity contribution in [1.29, 1.82) is 0 Å². The van der Waals surface area contributed by atoms with E-state index in [1.165, 1.54) is 6.92 Å². The summed E-state index contributed by atoms with van der Waals surface area (Å²) in [5.74, 6) is -1.26. The van der Waals surface area contributed by atoms with Gasteiger partial charge in [0.1, 0.15) is 0 Å². The molecule has 6 nitrogen and oxygen atoms in total. The molecule has 0 saturated carbocycles. The van der Waals surface area contributed by atoms with Crippen molar-refractivity contribution >= 4 is 12.0 Å². The van der Waals surface area contributed by atoms with Crippen molar-refractivity contribution in [1.82, 2.24) is 10.6 Å². The van der Waals surface area contributed by atoms with Gasteiger partial charge in [-0.2, -0.15) is 0 Å². The van der Waals surface area contributed by atoms with Gasteiger partial charge in [-0.25, -0.2) is 9.59 Å². The van der Waals surface area contributed by atoms with Gasteiger partial charge in [0.05, 0.1) is 6.10 Å². The zero-order valence-corrected chi connectivity index (χ0v) is 9.15. The van der Waals surface area contributed by atoms with E-state index in [-0.39, 0.29) is 6.04 Å². The summed E-state index contributed by atoms with van der Waals surface area (Å²) in [7, 11) is 0. The first-order chi connectivity index (χ1) is 6.88. The number of carboxylic acid groups (broad SMARTS) is 1. The van der Waals surface area contributed by atoms with E-state index in [1.807, 2.05) is 6.92 Å². The predicted octanol–water partition coefficient (Wildman–Crippen LogP) is -0.0819. The van der Waals surface area contributed by atoms with E-state index in [1.54, 1.807) is 6.92 Å². The normalized spacial score (nSPS) is 16.3. The molecule has 0 fully saturated rings. The second kappa shape index (κ2) is 6.23. The number of hydrogen-bond donors (Lipinski definition) is 4. The summed E-state index contributed by atoms with van der Waals surface area (Å²) < 4.78 is 0. The topological polar surface area (TPSA) is 98.7 Å². The third-order valence-electron chi connectivity index (χ3n) is 2.02. The lowest BCUT2D eigenvalue weighted by Gasteiger charge is -2.19. The molecule has 88 valence electrons. The summed E-state index contributed by atoms with van der Waals surface area (Å²) in [6.45, 7) is 5.01. The highest BCUT2D eigenvalue weighted by Gasteiger charge is 2.25. The smallest absolute Gasteiger partial charge is 0.328 e. The van der Waals surface area contributed by atoms with Gasteiger partial charge < -0.3 is 20.8 Å². The number of hydrogen-bond acceptors (Lipinski definition) is 3. The molecule has 4 N–H and O–H groups in total. The number of nitrogens with one attached hydrogen (secondary N) is 2. The van der Waals surface area contributed by atoms with Crippen molar-refractivity contribution in [2.45, 2.75) is 45.4 Å². The van der Waals surface area contributed by atoms with Crippen LogP contribution in [0.5, 0.6) is 0 Å². The van der Waals surface area contributed by atoms with Crippen LogP contribution in [-0.4, -0.2) is 40.4 Å². The molecule has 6 heteroatoms. The van der Waals surface area contributed by atoms with E-state index in [0.717, 1.165) is 6.42 Å². The average molecular weight is 218 g/mol. The Morgan fingerprint density at radius 1 is 1.27 bits per heavy atom. The molecule has 0 saturated heterocycles. The van der Waals surface area contributed by atoms with E-state index >= 15 is 0 Å². The average Bonchev–Trinajstić information content (AvgIpc) is 2.12. The van der Waals surface area contributed by atoms with Crippen LogP contribution in [-0.2, 0) is 4.79 Å². The molecule has 0 radical (unpaired) electrons. The minimum absolute atomic E-state index is 0.0338. The van der Waals surface area contributed by atoms with Crippen molar-refractivity contribution in [3.05, 3.63) is 0 Å². The van der Waals surface area contributed by atoms with E-state index in [4.69, 9.17) is 10.2 Å². The Bertz CT molecular complexity index is 230. The molecular formula is C9H18N2O4. The molecule has 0 heterocycles. The van der Waals surface area contributed by atoms with Crippen LogP contribution in [0, 0.1) is 0 Å². The van der Waals surface area contributed by atoms with Gasteiger partial charge in [-0.05, 0) is 20.3 Å². The lowest BCUT2D eigenvalue weighted by molar-refractivity contribution is -0.141. The van der Waals surface area contributed by atoms with Gasteiger partial charge in [0.25, 0.3) is 0 Å². The van der Waals surface area contributed by atoms with E-state index in [9.17, 15) is 9.59 Å². The Kier molecular flexibility index (Phi) is 5.69. The van der Waals surface area contributed by atoms with Crippen molar-refractivity contribution in [2.75, 3.05) is 0 Å². The summed E-state index contributed by atoms with van der Waals surface area (Å²) in [6.07, 6.45) is -0.384. The summed E-state index contributed by atoms with van der Waals surface area (Å²) >= 11 is 0. The predicted molar refractivity (Wildman–Crippen MR) is 54.5 cm³/mol. The van der Waals surface area contributed by atoms with Gasteiger partial charge in [0.15, 0.2) is 6.04 Å². The molecule has 0 aliphatic carbocycles. The van der Waals surface area contributed by atoms with Gasteiger partial charge in [-0.15, -0.1) is 0 Å². The maximum Gasteiger partial charge on any atom is 0.328 e. The van der Waals surface area contributed by atoms with Crippen molar-refractivity contribution < 1.29 is 19.8 Å². The van der Waals surface area contributed by atoms with E-state index in [0.29, 0.717) is 0 Å². The minimum Gasteiger partial charge on any atom is -0.480 e. The summed E-state index contributed by atoms with van der Waals surface area (Å²) in [5.41, 5.74) is 0. The first-order valence-electron chi connectivity index (χ1n) is 4.86. The third kappa shape index (κ3) is 5.21. The molecule has 0 spiro atoms. The van der Waals surface area contributed by atoms with Gasteiger partial charge >= 0.3 is 12.0 Å². The number of rotatable bonds is 5. The molecule has 0 aromatic rings. The lowest BCUT2D eigenvalue weighted by atomic mass is 10.2. The zero-order chi connectivity index (χ0) is 12.0. The summed E-state index contributed by atoms with van der Waals surface area (Å²) in [4.78, 5) is 21.9. The molecule has 0 aromatic heterocycles. The molecule has 0 aliphatic heterocycles. The van der Waals surface area contributed by atoms with Gasteiger partial charge in [0.2, 0.25) is 0 Å². The van der Waals surface area contributed by atoms with Crippen molar-refractivity contribution in [2.24, 2.45) is 0 Å². The highest BCUT2D eigenvalue weighted by atomic mass is 16.4. The minimum atomic E-state index is -1.28. The maximum absolute atomic E-state index is 11.2. The maximum atomic E-state index is 11.2. The molecular weight excluding hydrogens is 200 g/mol. The number of carbonyl (C=O) groups is 2. The van der Waals surface area contributed by atoms with E-state index in [2.05, 4.69) is 10.6 Å². The largest absolute Gasteiger partial charge is 0.480 e. The number of carbonyl (C=O) groups excluding carboxylic acids is 1.